The summed E-state index contributed by atoms with van der Waals surface area (Å²) in [5.41, 5.74) is 6.07. The van der Waals surface area contributed by atoms with Crippen LogP contribution >= 0.6 is 15.9 Å². The van der Waals surface area contributed by atoms with Gasteiger partial charge in [0.1, 0.15) is 22.4 Å². The Kier molecular flexibility index (Phi) is 3.77. The molecule has 2 N–H and O–H groups in total. The fraction of sp³-hybridized carbons (Fsp3) is 0.667. The Balaban J connectivity index is 2.17. The van der Waals surface area contributed by atoms with E-state index >= 15 is 0 Å². The van der Waals surface area contributed by atoms with Crippen LogP contribution in [0.2, 0.25) is 0 Å². The van der Waals surface area contributed by atoms with Gasteiger partial charge in [-0.05, 0) is 49.3 Å². The standard InChI is InChI=1S/C12H20BrN5/c1-17(2)12(5-4-6-12)7-18(3)11-9(13)10(14)15-8-16-11/h8H,4-7H2,1-3H3,(H2,14,15,16). The number of anilines is 2. The van der Waals surface area contributed by atoms with Crippen molar-refractivity contribution in [2.24, 2.45) is 0 Å². The van der Waals surface area contributed by atoms with Crippen molar-refractivity contribution < 1.29 is 0 Å². The highest BCUT2D eigenvalue weighted by atomic mass is 79.9. The van der Waals surface area contributed by atoms with Gasteiger partial charge in [-0.25, -0.2) is 9.97 Å². The van der Waals surface area contributed by atoms with Crippen molar-refractivity contribution in [2.45, 2.75) is 24.8 Å². The van der Waals surface area contributed by atoms with Crippen molar-refractivity contribution in [3.63, 3.8) is 0 Å². The predicted molar refractivity (Wildman–Crippen MR) is 77.7 cm³/mol. The lowest BCUT2D eigenvalue weighted by Crippen LogP contribution is -2.56. The van der Waals surface area contributed by atoms with Gasteiger partial charge in [0.05, 0.1) is 0 Å². The summed E-state index contributed by atoms with van der Waals surface area (Å²) in [6, 6.07) is 0. The molecule has 1 aliphatic rings. The number of rotatable bonds is 4. The highest BCUT2D eigenvalue weighted by molar-refractivity contribution is 9.10. The molecule has 2 rings (SSSR count). The summed E-state index contributed by atoms with van der Waals surface area (Å²) in [6.45, 7) is 0.953. The molecular weight excluding hydrogens is 294 g/mol. The number of aromatic nitrogens is 2. The van der Waals surface area contributed by atoms with Crippen LogP contribution in [-0.4, -0.2) is 48.1 Å². The lowest BCUT2D eigenvalue weighted by molar-refractivity contribution is 0.0681. The molecule has 0 aliphatic heterocycles. The van der Waals surface area contributed by atoms with E-state index in [1.807, 2.05) is 0 Å². The molecular formula is C12H20BrN5. The first-order valence-corrected chi connectivity index (χ1v) is 6.90. The second kappa shape index (κ2) is 5.01. The highest BCUT2D eigenvalue weighted by Gasteiger charge is 2.40. The van der Waals surface area contributed by atoms with Crippen LogP contribution in [0.5, 0.6) is 0 Å². The fourth-order valence-electron chi connectivity index (χ4n) is 2.49. The van der Waals surface area contributed by atoms with Crippen LogP contribution in [0.3, 0.4) is 0 Å². The highest BCUT2D eigenvalue weighted by Crippen LogP contribution is 2.38. The summed E-state index contributed by atoms with van der Waals surface area (Å²) < 4.78 is 0.778. The second-order valence-electron chi connectivity index (χ2n) is 5.22. The van der Waals surface area contributed by atoms with Crippen LogP contribution < -0.4 is 10.6 Å². The lowest BCUT2D eigenvalue weighted by Gasteiger charge is -2.49. The summed E-state index contributed by atoms with van der Waals surface area (Å²) in [6.07, 6.45) is 5.29. The van der Waals surface area contributed by atoms with E-state index in [1.54, 1.807) is 0 Å². The molecule has 0 spiro atoms. The van der Waals surface area contributed by atoms with E-state index in [9.17, 15) is 0 Å². The van der Waals surface area contributed by atoms with Crippen molar-refractivity contribution in [1.82, 2.24) is 14.9 Å². The molecule has 1 saturated carbocycles. The average molecular weight is 314 g/mol. The van der Waals surface area contributed by atoms with Crippen molar-refractivity contribution in [3.05, 3.63) is 10.8 Å². The smallest absolute Gasteiger partial charge is 0.148 e. The number of hydrogen-bond donors (Lipinski definition) is 1. The van der Waals surface area contributed by atoms with E-state index < -0.39 is 0 Å². The molecule has 0 aromatic carbocycles. The molecule has 5 nitrogen and oxygen atoms in total. The molecule has 1 aromatic rings. The molecule has 0 bridgehead atoms. The molecule has 18 heavy (non-hydrogen) atoms. The van der Waals surface area contributed by atoms with Gasteiger partial charge in [-0.15, -0.1) is 0 Å². The van der Waals surface area contributed by atoms with Gasteiger partial charge in [0.25, 0.3) is 0 Å². The zero-order chi connectivity index (χ0) is 13.3. The summed E-state index contributed by atoms with van der Waals surface area (Å²) in [7, 11) is 6.35. The molecule has 6 heteroatoms. The molecule has 0 radical (unpaired) electrons. The molecule has 0 atom stereocenters. The Morgan fingerprint density at radius 3 is 2.50 bits per heavy atom. The molecule has 0 saturated heterocycles. The minimum atomic E-state index is 0.272. The van der Waals surface area contributed by atoms with Crippen LogP contribution in [0, 0.1) is 0 Å². The largest absolute Gasteiger partial charge is 0.383 e. The number of nitrogens with zero attached hydrogens (tertiary/aromatic N) is 4. The van der Waals surface area contributed by atoms with Gasteiger partial charge in [0.15, 0.2) is 0 Å². The maximum atomic E-state index is 5.79. The Hall–Kier alpha value is -0.880. The topological polar surface area (TPSA) is 58.3 Å². The third-order valence-electron chi connectivity index (χ3n) is 3.92. The number of halogens is 1. The quantitative estimate of drug-likeness (QED) is 0.917. The number of hydrogen-bond acceptors (Lipinski definition) is 5. The molecule has 0 unspecified atom stereocenters. The predicted octanol–water partition coefficient (Wildman–Crippen LogP) is 1.74. The lowest BCUT2D eigenvalue weighted by atomic mass is 9.75. The van der Waals surface area contributed by atoms with E-state index in [4.69, 9.17) is 5.73 Å². The SMILES string of the molecule is CN(CC1(N(C)C)CCC1)c1ncnc(N)c1Br. The van der Waals surface area contributed by atoms with E-state index in [2.05, 4.69) is 56.8 Å². The van der Waals surface area contributed by atoms with Crippen LogP contribution in [0.15, 0.2) is 10.8 Å². The minimum Gasteiger partial charge on any atom is -0.383 e. The molecule has 1 aromatic heterocycles. The molecule has 0 amide bonds. The van der Waals surface area contributed by atoms with Gasteiger partial charge >= 0.3 is 0 Å². The zero-order valence-electron chi connectivity index (χ0n) is 11.1. The van der Waals surface area contributed by atoms with Gasteiger partial charge < -0.3 is 15.5 Å². The molecule has 1 fully saturated rings. The van der Waals surface area contributed by atoms with Gasteiger partial charge in [-0.2, -0.15) is 0 Å². The molecule has 1 heterocycles. The van der Waals surface area contributed by atoms with E-state index in [1.165, 1.54) is 25.6 Å². The van der Waals surface area contributed by atoms with Gasteiger partial charge in [0.2, 0.25) is 0 Å². The van der Waals surface area contributed by atoms with Crippen molar-refractivity contribution >= 4 is 27.6 Å². The van der Waals surface area contributed by atoms with Crippen LogP contribution in [-0.2, 0) is 0 Å². The normalized spacial score (nSPS) is 17.6. The van der Waals surface area contributed by atoms with E-state index in [-0.39, 0.29) is 5.54 Å². The minimum absolute atomic E-state index is 0.272. The van der Waals surface area contributed by atoms with Crippen molar-refractivity contribution in [2.75, 3.05) is 38.3 Å². The Morgan fingerprint density at radius 1 is 1.33 bits per heavy atom. The third kappa shape index (κ3) is 2.31. The number of likely N-dealkylation sites (N-methyl/N-ethyl adjacent to an activating group) is 2. The summed E-state index contributed by atoms with van der Waals surface area (Å²) >= 11 is 3.46. The first-order chi connectivity index (χ1) is 8.46. The molecule has 100 valence electrons. The second-order valence-corrected chi connectivity index (χ2v) is 6.02. The van der Waals surface area contributed by atoms with Crippen LogP contribution in [0.1, 0.15) is 19.3 Å². The van der Waals surface area contributed by atoms with Gasteiger partial charge in [-0.1, -0.05) is 0 Å². The first-order valence-electron chi connectivity index (χ1n) is 6.11. The van der Waals surface area contributed by atoms with Crippen LogP contribution in [0.25, 0.3) is 0 Å². The Labute approximate surface area is 117 Å². The third-order valence-corrected chi connectivity index (χ3v) is 4.68. The summed E-state index contributed by atoms with van der Waals surface area (Å²) in [4.78, 5) is 12.8. The summed E-state index contributed by atoms with van der Waals surface area (Å²) in [5.74, 6) is 1.34. The first kappa shape index (κ1) is 13.5. The zero-order valence-corrected chi connectivity index (χ0v) is 12.7. The number of nitrogen functional groups attached to an aromatic ring is 1. The Morgan fingerprint density at radius 2 is 2.00 bits per heavy atom. The maximum Gasteiger partial charge on any atom is 0.148 e. The fourth-order valence-corrected chi connectivity index (χ4v) is 3.00. The number of nitrogens with two attached hydrogens (primary N) is 1. The van der Waals surface area contributed by atoms with E-state index in [0.29, 0.717) is 5.82 Å². The van der Waals surface area contributed by atoms with Crippen LogP contribution in [0.4, 0.5) is 11.6 Å². The van der Waals surface area contributed by atoms with Crippen molar-refractivity contribution in [3.8, 4) is 0 Å². The van der Waals surface area contributed by atoms with Crippen molar-refractivity contribution in [1.29, 1.82) is 0 Å². The van der Waals surface area contributed by atoms with Gasteiger partial charge in [-0.3, -0.25) is 0 Å². The Bertz CT molecular complexity index is 430. The average Bonchev–Trinajstić information content (AvgIpc) is 2.26. The van der Waals surface area contributed by atoms with Gasteiger partial charge in [0, 0.05) is 19.1 Å². The maximum absolute atomic E-state index is 5.79. The summed E-state index contributed by atoms with van der Waals surface area (Å²) in [5, 5.41) is 0. The van der Waals surface area contributed by atoms with E-state index in [0.717, 1.165) is 16.8 Å². The molecule has 1 aliphatic carbocycles. The monoisotopic (exact) mass is 313 g/mol.